The predicted molar refractivity (Wildman–Crippen MR) is 114 cm³/mol. The summed E-state index contributed by atoms with van der Waals surface area (Å²) in [6.45, 7) is 0. The number of H-pyrrole nitrogens is 1. The number of nitrogens with zero attached hydrogens (tertiary/aromatic N) is 1. The van der Waals surface area contributed by atoms with Crippen LogP contribution in [0.15, 0.2) is 103 Å². The molecule has 0 saturated carbocycles. The van der Waals surface area contributed by atoms with E-state index in [9.17, 15) is 4.79 Å². The summed E-state index contributed by atoms with van der Waals surface area (Å²) in [4.78, 5) is 19.0. The predicted octanol–water partition coefficient (Wildman–Crippen LogP) is 4.89. The largest absolute Gasteiger partial charge is 0.478 e. The third-order valence-corrected chi connectivity index (χ3v) is 4.97. The van der Waals surface area contributed by atoms with E-state index >= 15 is 0 Å². The Morgan fingerprint density at radius 2 is 1.24 bits per heavy atom. The summed E-state index contributed by atoms with van der Waals surface area (Å²) in [6, 6.07) is 30.6. The van der Waals surface area contributed by atoms with Gasteiger partial charge in [-0.05, 0) is 22.8 Å². The highest BCUT2D eigenvalue weighted by Gasteiger charge is 2.40. The molecule has 0 amide bonds. The number of benzene rings is 3. The molecule has 0 aliphatic carbocycles. The van der Waals surface area contributed by atoms with E-state index in [0.29, 0.717) is 5.69 Å². The summed E-state index contributed by atoms with van der Waals surface area (Å²) in [7, 11) is 0. The maximum absolute atomic E-state index is 10.9. The summed E-state index contributed by atoms with van der Waals surface area (Å²) in [5, 5.41) is 8.95. The molecule has 0 unspecified atom stereocenters. The Hall–Kier alpha value is -3.92. The zero-order chi connectivity index (χ0) is 20.1. The molecule has 0 aliphatic heterocycles. The van der Waals surface area contributed by atoms with E-state index in [4.69, 9.17) is 10.1 Å². The summed E-state index contributed by atoms with van der Waals surface area (Å²) in [5.74, 6) is -0.277. The smallest absolute Gasteiger partial charge is 0.328 e. The van der Waals surface area contributed by atoms with Crippen molar-refractivity contribution in [2.75, 3.05) is 0 Å². The van der Waals surface area contributed by atoms with Gasteiger partial charge in [0.1, 0.15) is 11.2 Å². The van der Waals surface area contributed by atoms with E-state index < -0.39 is 11.4 Å². The van der Waals surface area contributed by atoms with Crippen molar-refractivity contribution < 1.29 is 9.90 Å². The van der Waals surface area contributed by atoms with Crippen LogP contribution in [0.25, 0.3) is 6.08 Å². The number of hydrogen-bond acceptors (Lipinski definition) is 2. The number of aromatic nitrogens is 2. The molecule has 4 nitrogen and oxygen atoms in total. The minimum absolute atomic E-state index is 0.564. The number of rotatable bonds is 6. The molecule has 0 fully saturated rings. The quantitative estimate of drug-likeness (QED) is 0.370. The topological polar surface area (TPSA) is 66.0 Å². The summed E-state index contributed by atoms with van der Waals surface area (Å²) >= 11 is 0. The van der Waals surface area contributed by atoms with Gasteiger partial charge in [-0.15, -0.1) is 0 Å². The zero-order valence-corrected chi connectivity index (χ0v) is 15.7. The van der Waals surface area contributed by atoms with Gasteiger partial charge in [0, 0.05) is 12.3 Å². The maximum atomic E-state index is 10.9. The van der Waals surface area contributed by atoms with Crippen LogP contribution in [-0.2, 0) is 10.2 Å². The van der Waals surface area contributed by atoms with Crippen molar-refractivity contribution in [3.8, 4) is 0 Å². The van der Waals surface area contributed by atoms with E-state index in [1.165, 1.54) is 6.08 Å². The Kier molecular flexibility index (Phi) is 5.08. The van der Waals surface area contributed by atoms with Crippen LogP contribution in [0.2, 0.25) is 0 Å². The molecule has 0 bridgehead atoms. The molecule has 2 N–H and O–H groups in total. The van der Waals surface area contributed by atoms with Crippen LogP contribution < -0.4 is 0 Å². The highest BCUT2D eigenvalue weighted by atomic mass is 16.4. The fraction of sp³-hybridized carbons (Fsp3) is 0.0400. The first-order valence-electron chi connectivity index (χ1n) is 9.35. The number of carbonyl (C=O) groups is 1. The normalized spacial score (nSPS) is 11.6. The summed E-state index contributed by atoms with van der Waals surface area (Å²) < 4.78 is 0. The Morgan fingerprint density at radius 1 is 0.793 bits per heavy atom. The molecule has 3 aromatic carbocycles. The van der Waals surface area contributed by atoms with Gasteiger partial charge in [-0.3, -0.25) is 0 Å². The Balaban J connectivity index is 2.02. The van der Waals surface area contributed by atoms with Crippen LogP contribution in [0.3, 0.4) is 0 Å². The highest BCUT2D eigenvalue weighted by Crippen LogP contribution is 2.43. The molecular weight excluding hydrogens is 360 g/mol. The fourth-order valence-electron chi connectivity index (χ4n) is 3.74. The van der Waals surface area contributed by atoms with Crippen LogP contribution in [0.4, 0.5) is 0 Å². The third-order valence-electron chi connectivity index (χ3n) is 4.97. The lowest BCUT2D eigenvalue weighted by Gasteiger charge is -2.34. The number of aliphatic carboxylic acids is 1. The number of hydrogen-bond donors (Lipinski definition) is 2. The van der Waals surface area contributed by atoms with E-state index in [0.717, 1.165) is 28.6 Å². The van der Waals surface area contributed by atoms with Crippen molar-refractivity contribution >= 4 is 12.0 Å². The first-order chi connectivity index (χ1) is 14.2. The van der Waals surface area contributed by atoms with Crippen LogP contribution in [-0.4, -0.2) is 21.0 Å². The molecule has 0 saturated heterocycles. The summed E-state index contributed by atoms with van der Waals surface area (Å²) in [6.07, 6.45) is 4.32. The minimum atomic E-state index is -1.00. The van der Waals surface area contributed by atoms with Crippen molar-refractivity contribution in [1.29, 1.82) is 0 Å². The van der Waals surface area contributed by atoms with Crippen LogP contribution >= 0.6 is 0 Å². The van der Waals surface area contributed by atoms with Crippen LogP contribution in [0.5, 0.6) is 0 Å². The lowest BCUT2D eigenvalue weighted by atomic mass is 9.69. The van der Waals surface area contributed by atoms with Crippen molar-refractivity contribution in [1.82, 2.24) is 9.97 Å². The summed E-state index contributed by atoms with van der Waals surface area (Å²) in [5.41, 5.74) is 3.11. The van der Waals surface area contributed by atoms with Crippen molar-refractivity contribution in [2.24, 2.45) is 0 Å². The van der Waals surface area contributed by atoms with Gasteiger partial charge >= 0.3 is 5.97 Å². The Labute approximate surface area is 169 Å². The zero-order valence-electron chi connectivity index (χ0n) is 15.7. The van der Waals surface area contributed by atoms with Gasteiger partial charge in [0.05, 0.1) is 5.69 Å². The molecule has 0 radical (unpaired) electrons. The monoisotopic (exact) mass is 380 g/mol. The molecule has 0 aliphatic rings. The van der Waals surface area contributed by atoms with Gasteiger partial charge in [0.2, 0.25) is 0 Å². The lowest BCUT2D eigenvalue weighted by molar-refractivity contribution is -0.131. The van der Waals surface area contributed by atoms with Crippen molar-refractivity contribution in [3.63, 3.8) is 0 Å². The number of imidazole rings is 1. The molecule has 4 rings (SSSR count). The van der Waals surface area contributed by atoms with E-state index in [1.807, 2.05) is 54.6 Å². The van der Waals surface area contributed by atoms with Crippen molar-refractivity contribution in [2.45, 2.75) is 5.41 Å². The molecule has 4 heteroatoms. The van der Waals surface area contributed by atoms with Crippen LogP contribution in [0, 0.1) is 0 Å². The van der Waals surface area contributed by atoms with Crippen molar-refractivity contribution in [3.05, 3.63) is 131 Å². The van der Waals surface area contributed by atoms with E-state index in [1.54, 1.807) is 6.20 Å². The molecule has 1 aromatic heterocycles. The number of aromatic amines is 1. The number of nitrogens with one attached hydrogen (secondary N) is 1. The van der Waals surface area contributed by atoms with Gasteiger partial charge in [-0.2, -0.15) is 0 Å². The molecule has 0 spiro atoms. The Morgan fingerprint density at radius 3 is 1.66 bits per heavy atom. The number of carboxylic acid groups (broad SMARTS) is 1. The fourth-order valence-corrected chi connectivity index (χ4v) is 3.74. The second-order valence-corrected chi connectivity index (χ2v) is 6.69. The molecule has 142 valence electrons. The standard InChI is InChI=1S/C25H20N2O2/c28-23(29)17-16-22-18-26-24(27-22)25(19-10-4-1-5-11-19,20-12-6-2-7-13-20)21-14-8-3-9-15-21/h1-18H,(H,26,27)(H,28,29)/b17-16+. The number of carboxylic acids is 1. The van der Waals surface area contributed by atoms with Gasteiger partial charge in [-0.1, -0.05) is 91.0 Å². The minimum Gasteiger partial charge on any atom is -0.478 e. The van der Waals surface area contributed by atoms with Gasteiger partial charge in [0.25, 0.3) is 0 Å². The molecule has 4 aromatic rings. The molecule has 1 heterocycles. The lowest BCUT2D eigenvalue weighted by Crippen LogP contribution is -2.32. The average molecular weight is 380 g/mol. The maximum Gasteiger partial charge on any atom is 0.328 e. The second kappa shape index (κ2) is 7.98. The van der Waals surface area contributed by atoms with Crippen LogP contribution in [0.1, 0.15) is 28.2 Å². The average Bonchev–Trinajstić information content (AvgIpc) is 3.24. The SMILES string of the molecule is O=C(O)/C=C/c1c[nH]c(C(c2ccccc2)(c2ccccc2)c2ccccc2)n1. The second-order valence-electron chi connectivity index (χ2n) is 6.69. The van der Waals surface area contributed by atoms with Gasteiger partial charge in [0.15, 0.2) is 0 Å². The first-order valence-corrected chi connectivity index (χ1v) is 9.35. The third kappa shape index (κ3) is 3.48. The molecule has 29 heavy (non-hydrogen) atoms. The van der Waals surface area contributed by atoms with Gasteiger partial charge < -0.3 is 10.1 Å². The van der Waals surface area contributed by atoms with E-state index in [2.05, 4.69) is 41.4 Å². The van der Waals surface area contributed by atoms with Gasteiger partial charge in [-0.25, -0.2) is 9.78 Å². The first kappa shape index (κ1) is 18.4. The van der Waals surface area contributed by atoms with E-state index in [-0.39, 0.29) is 0 Å². The molecular formula is C25H20N2O2. The Bertz CT molecular complexity index is 1020. The molecule has 0 atom stereocenters. The highest BCUT2D eigenvalue weighted by molar-refractivity contribution is 5.84.